The van der Waals surface area contributed by atoms with Crippen molar-refractivity contribution in [3.63, 3.8) is 0 Å². The average Bonchev–Trinajstić information content (AvgIpc) is 3.93. The van der Waals surface area contributed by atoms with E-state index in [1.54, 1.807) is 0 Å². The van der Waals surface area contributed by atoms with Gasteiger partial charge in [-0.1, -0.05) is 127 Å². The van der Waals surface area contributed by atoms with Crippen LogP contribution in [0.4, 0.5) is 17.1 Å². The largest absolute Gasteiger partial charge is 0.454 e. The van der Waals surface area contributed by atoms with E-state index in [0.717, 1.165) is 88.8 Å². The van der Waals surface area contributed by atoms with Gasteiger partial charge in [0.1, 0.15) is 11.2 Å². The minimum Gasteiger partial charge on any atom is -0.454 e. The van der Waals surface area contributed by atoms with Crippen molar-refractivity contribution in [2.75, 3.05) is 4.90 Å². The molecular formula is C52H32N2O2. The number of aromatic nitrogens is 1. The molecule has 3 heterocycles. The van der Waals surface area contributed by atoms with Gasteiger partial charge in [0.2, 0.25) is 5.71 Å². The molecule has 0 unspecified atom stereocenters. The van der Waals surface area contributed by atoms with Gasteiger partial charge in [-0.05, 0) is 99.4 Å². The molecule has 0 spiro atoms. The Morgan fingerprint density at radius 3 is 1.91 bits per heavy atom. The third-order valence-corrected chi connectivity index (χ3v) is 11.4. The fourth-order valence-electron chi connectivity index (χ4n) is 8.78. The second-order valence-electron chi connectivity index (χ2n) is 14.5. The summed E-state index contributed by atoms with van der Waals surface area (Å²) >= 11 is 0. The number of para-hydroxylation sites is 4. The lowest BCUT2D eigenvalue weighted by atomic mass is 10.00. The van der Waals surface area contributed by atoms with Crippen molar-refractivity contribution in [2.45, 2.75) is 0 Å². The maximum atomic E-state index is 6.63. The average molecular weight is 717 g/mol. The summed E-state index contributed by atoms with van der Waals surface area (Å²) in [6.07, 6.45) is 0. The Kier molecular flexibility index (Phi) is 6.60. The van der Waals surface area contributed by atoms with E-state index in [2.05, 4.69) is 179 Å². The highest BCUT2D eigenvalue weighted by atomic mass is 16.3. The zero-order valence-electron chi connectivity index (χ0n) is 30.2. The normalized spacial score (nSPS) is 11.9. The predicted octanol–water partition coefficient (Wildman–Crippen LogP) is 14.9. The molecule has 0 saturated heterocycles. The van der Waals surface area contributed by atoms with Gasteiger partial charge in [-0.25, -0.2) is 0 Å². The fourth-order valence-corrected chi connectivity index (χ4v) is 8.78. The van der Waals surface area contributed by atoms with E-state index in [-0.39, 0.29) is 0 Å². The number of hydrogen-bond donors (Lipinski definition) is 0. The van der Waals surface area contributed by atoms with Crippen LogP contribution < -0.4 is 4.90 Å². The van der Waals surface area contributed by atoms with Crippen molar-refractivity contribution in [3.8, 4) is 16.8 Å². The fraction of sp³-hybridized carbons (Fsp3) is 0. The minimum atomic E-state index is 0.860. The number of rotatable bonds is 5. The molecule has 0 radical (unpaired) electrons. The van der Waals surface area contributed by atoms with Crippen LogP contribution in [0.5, 0.6) is 0 Å². The zero-order valence-corrected chi connectivity index (χ0v) is 30.2. The van der Waals surface area contributed by atoms with Gasteiger partial charge in [0.15, 0.2) is 5.58 Å². The molecule has 0 N–H and O–H groups in total. The minimum absolute atomic E-state index is 0.860. The van der Waals surface area contributed by atoms with Gasteiger partial charge in [0.25, 0.3) is 0 Å². The lowest BCUT2D eigenvalue weighted by Gasteiger charge is -2.26. The van der Waals surface area contributed by atoms with Crippen LogP contribution in [0.15, 0.2) is 203 Å². The number of furan rings is 2. The molecule has 0 bridgehead atoms. The molecule has 262 valence electrons. The van der Waals surface area contributed by atoms with E-state index in [0.29, 0.717) is 0 Å². The number of fused-ring (bicyclic) bond motifs is 11. The third-order valence-electron chi connectivity index (χ3n) is 11.4. The first-order valence-corrected chi connectivity index (χ1v) is 19.0. The molecule has 4 nitrogen and oxygen atoms in total. The van der Waals surface area contributed by atoms with Crippen LogP contribution in [-0.2, 0) is 0 Å². The van der Waals surface area contributed by atoms with E-state index < -0.39 is 0 Å². The molecular weight excluding hydrogens is 685 g/mol. The Bertz CT molecular complexity index is 3480. The Hall–Kier alpha value is -7.56. The van der Waals surface area contributed by atoms with Crippen molar-refractivity contribution in [3.05, 3.63) is 194 Å². The first-order valence-electron chi connectivity index (χ1n) is 19.0. The van der Waals surface area contributed by atoms with Gasteiger partial charge in [-0.2, -0.15) is 0 Å². The molecule has 3 aromatic heterocycles. The topological polar surface area (TPSA) is 34.5 Å². The van der Waals surface area contributed by atoms with Crippen LogP contribution in [0.1, 0.15) is 0 Å². The van der Waals surface area contributed by atoms with E-state index in [1.807, 2.05) is 24.3 Å². The third kappa shape index (κ3) is 4.60. The van der Waals surface area contributed by atoms with Crippen LogP contribution in [0.3, 0.4) is 0 Å². The van der Waals surface area contributed by atoms with Crippen LogP contribution >= 0.6 is 0 Å². The highest BCUT2D eigenvalue weighted by Gasteiger charge is 2.22. The number of hydrogen-bond acceptors (Lipinski definition) is 3. The molecule has 0 aliphatic heterocycles. The predicted molar refractivity (Wildman–Crippen MR) is 233 cm³/mol. The van der Waals surface area contributed by atoms with Crippen molar-refractivity contribution in [1.82, 2.24) is 4.57 Å². The van der Waals surface area contributed by atoms with E-state index >= 15 is 0 Å². The van der Waals surface area contributed by atoms with Gasteiger partial charge in [-0.3, -0.25) is 4.57 Å². The summed E-state index contributed by atoms with van der Waals surface area (Å²) in [5.41, 5.74) is 11.1. The Labute approximate surface area is 321 Å². The van der Waals surface area contributed by atoms with Crippen molar-refractivity contribution in [2.24, 2.45) is 0 Å². The van der Waals surface area contributed by atoms with E-state index in [1.165, 1.54) is 21.5 Å². The molecule has 0 fully saturated rings. The standard InChI is InChI=1S/C52H32N2O2/c1-2-12-37(13-3-1)54-46-30-25-35(32-45(46)50-44-16-7-9-20-49(44)56-52(50)54)33-23-26-38(27-24-33)53(47-18-10-17-43-42-15-6-8-19-48(42)55-51(43)47)39-28-29-41-36(31-39)22-21-34-11-4-5-14-40(34)41/h1-32H. The molecule has 12 rings (SSSR count). The molecule has 0 aliphatic rings. The molecule has 0 saturated carbocycles. The van der Waals surface area contributed by atoms with Gasteiger partial charge in [-0.15, -0.1) is 0 Å². The first kappa shape index (κ1) is 30.9. The first-order chi connectivity index (χ1) is 27.8. The summed E-state index contributed by atoms with van der Waals surface area (Å²) in [6, 6.07) is 69.0. The molecule has 12 aromatic rings. The molecule has 9 aromatic carbocycles. The van der Waals surface area contributed by atoms with Crippen LogP contribution in [0, 0.1) is 0 Å². The summed E-state index contributed by atoms with van der Waals surface area (Å²) in [4.78, 5) is 2.33. The maximum Gasteiger partial charge on any atom is 0.213 e. The second-order valence-corrected chi connectivity index (χ2v) is 14.5. The Balaban J connectivity index is 1.03. The summed E-state index contributed by atoms with van der Waals surface area (Å²) in [6.45, 7) is 0. The van der Waals surface area contributed by atoms with Gasteiger partial charge in [0.05, 0.1) is 16.6 Å². The van der Waals surface area contributed by atoms with Crippen molar-refractivity contribution in [1.29, 1.82) is 0 Å². The second kappa shape index (κ2) is 12.0. The van der Waals surface area contributed by atoms with Crippen molar-refractivity contribution >= 4 is 93.5 Å². The lowest BCUT2D eigenvalue weighted by Crippen LogP contribution is -2.10. The number of anilines is 3. The molecule has 4 heteroatoms. The van der Waals surface area contributed by atoms with Crippen LogP contribution in [0.2, 0.25) is 0 Å². The zero-order chi connectivity index (χ0) is 36.7. The SMILES string of the molecule is c1ccc(-n2c3ccc(-c4ccc(N(c5ccc6c(ccc7ccccc76)c5)c5cccc6c5oc5ccccc56)cc4)cc3c3c4ccccc4oc32)cc1. The summed E-state index contributed by atoms with van der Waals surface area (Å²) in [7, 11) is 0. The van der Waals surface area contributed by atoms with Crippen LogP contribution in [-0.4, -0.2) is 4.57 Å². The Morgan fingerprint density at radius 1 is 0.393 bits per heavy atom. The summed E-state index contributed by atoms with van der Waals surface area (Å²) < 4.78 is 15.4. The summed E-state index contributed by atoms with van der Waals surface area (Å²) in [5.74, 6) is 0. The quantitative estimate of drug-likeness (QED) is 0.166. The van der Waals surface area contributed by atoms with E-state index in [4.69, 9.17) is 8.83 Å². The smallest absolute Gasteiger partial charge is 0.213 e. The molecule has 0 atom stereocenters. The van der Waals surface area contributed by atoms with Gasteiger partial charge >= 0.3 is 0 Å². The maximum absolute atomic E-state index is 6.63. The molecule has 56 heavy (non-hydrogen) atoms. The van der Waals surface area contributed by atoms with Crippen LogP contribution in [0.25, 0.3) is 93.3 Å². The van der Waals surface area contributed by atoms with Gasteiger partial charge < -0.3 is 13.7 Å². The lowest BCUT2D eigenvalue weighted by molar-refractivity contribution is 0.645. The number of benzene rings is 9. The van der Waals surface area contributed by atoms with Gasteiger partial charge in [0, 0.05) is 38.6 Å². The number of nitrogens with zero attached hydrogens (tertiary/aromatic N) is 2. The summed E-state index contributed by atoms with van der Waals surface area (Å²) in [5, 5.41) is 10.5. The molecule has 0 aliphatic carbocycles. The molecule has 0 amide bonds. The van der Waals surface area contributed by atoms with E-state index in [9.17, 15) is 0 Å². The van der Waals surface area contributed by atoms with Crippen molar-refractivity contribution < 1.29 is 8.83 Å². The monoisotopic (exact) mass is 716 g/mol. The Morgan fingerprint density at radius 2 is 1.05 bits per heavy atom. The highest BCUT2D eigenvalue weighted by Crippen LogP contribution is 2.45. The highest BCUT2D eigenvalue weighted by molar-refractivity contribution is 6.20.